The summed E-state index contributed by atoms with van der Waals surface area (Å²) in [4.78, 5) is 22.8. The fourth-order valence-electron chi connectivity index (χ4n) is 2.26. The topological polar surface area (TPSA) is 69.4 Å². The molecule has 0 saturated carbocycles. The molecule has 5 nitrogen and oxygen atoms in total. The van der Waals surface area contributed by atoms with Crippen LogP contribution in [0, 0.1) is 10.1 Å². The van der Waals surface area contributed by atoms with E-state index in [4.69, 9.17) is 4.74 Å². The number of hydrogen-bond donors (Lipinski definition) is 0. The van der Waals surface area contributed by atoms with E-state index in [1.165, 1.54) is 6.07 Å². The van der Waals surface area contributed by atoms with Gasteiger partial charge in [-0.3, -0.25) is 14.9 Å². The average Bonchev–Trinajstić information content (AvgIpc) is 2.45. The average molecular weight is 273 g/mol. The number of Topliss-reactive ketones (excluding diaryl/α,β-unsaturated/α-hetero) is 1. The van der Waals surface area contributed by atoms with E-state index < -0.39 is 4.92 Å². The Balaban J connectivity index is 2.55. The lowest BCUT2D eigenvalue weighted by Gasteiger charge is -2.19. The van der Waals surface area contributed by atoms with Crippen molar-refractivity contribution in [3.63, 3.8) is 0 Å². The molecule has 1 aromatic carbocycles. The van der Waals surface area contributed by atoms with E-state index in [1.807, 2.05) is 0 Å². The third kappa shape index (κ3) is 2.77. The highest BCUT2D eigenvalue weighted by Gasteiger charge is 2.28. The molecule has 0 fully saturated rings. The smallest absolute Gasteiger partial charge is 0.277 e. The Kier molecular flexibility index (Phi) is 4.30. The van der Waals surface area contributed by atoms with Crippen LogP contribution in [0.4, 0.5) is 5.69 Å². The van der Waals surface area contributed by atoms with Gasteiger partial charge >= 0.3 is 0 Å². The molecule has 5 heteroatoms. The summed E-state index contributed by atoms with van der Waals surface area (Å²) in [5, 5.41) is 11.1. The molecule has 2 rings (SSSR count). The van der Waals surface area contributed by atoms with Gasteiger partial charge in [-0.2, -0.15) is 0 Å². The van der Waals surface area contributed by atoms with Crippen molar-refractivity contribution in [3.05, 3.63) is 58.4 Å². The summed E-state index contributed by atoms with van der Waals surface area (Å²) >= 11 is 0. The van der Waals surface area contributed by atoms with Gasteiger partial charge in [0, 0.05) is 18.9 Å². The number of para-hydroxylation sites is 1. The number of carbonyl (C=O) groups is 1. The van der Waals surface area contributed by atoms with Crippen LogP contribution in [0.5, 0.6) is 0 Å². The van der Waals surface area contributed by atoms with Crippen molar-refractivity contribution in [1.82, 2.24) is 0 Å². The monoisotopic (exact) mass is 273 g/mol. The third-order valence-corrected chi connectivity index (χ3v) is 3.11. The summed E-state index contributed by atoms with van der Waals surface area (Å²) in [6.45, 7) is 3.85. The van der Waals surface area contributed by atoms with E-state index in [1.54, 1.807) is 24.3 Å². The molecule has 0 radical (unpaired) electrons. The van der Waals surface area contributed by atoms with Gasteiger partial charge in [0.25, 0.3) is 5.69 Å². The van der Waals surface area contributed by atoms with Gasteiger partial charge < -0.3 is 4.74 Å². The van der Waals surface area contributed by atoms with Gasteiger partial charge in [-0.25, -0.2) is 0 Å². The number of benzene rings is 1. The van der Waals surface area contributed by atoms with E-state index in [2.05, 4.69) is 6.58 Å². The molecular formula is C15H15NO4. The van der Waals surface area contributed by atoms with Crippen LogP contribution >= 0.6 is 0 Å². The Morgan fingerprint density at radius 1 is 1.35 bits per heavy atom. The molecule has 0 spiro atoms. The minimum Gasteiger partial charge on any atom is -0.493 e. The number of rotatable bonds is 5. The normalized spacial score (nSPS) is 15.1. The van der Waals surface area contributed by atoms with Gasteiger partial charge in [0.1, 0.15) is 12.4 Å². The maximum atomic E-state index is 12.2. The number of nitrogens with zero attached hydrogens (tertiary/aromatic N) is 1. The highest BCUT2D eigenvalue weighted by molar-refractivity contribution is 6.22. The summed E-state index contributed by atoms with van der Waals surface area (Å²) in [6.07, 6.45) is 3.29. The maximum Gasteiger partial charge on any atom is 0.277 e. The molecule has 0 heterocycles. The van der Waals surface area contributed by atoms with Crippen LogP contribution < -0.4 is 0 Å². The number of nitro benzene ring substituents is 1. The van der Waals surface area contributed by atoms with Gasteiger partial charge in [-0.05, 0) is 12.5 Å². The summed E-state index contributed by atoms with van der Waals surface area (Å²) in [7, 11) is 0. The van der Waals surface area contributed by atoms with E-state index in [0.29, 0.717) is 36.2 Å². The number of allylic oxidation sites excluding steroid dienone is 2. The first-order chi connectivity index (χ1) is 9.65. The van der Waals surface area contributed by atoms with Gasteiger partial charge in [0.2, 0.25) is 0 Å². The molecule has 20 heavy (non-hydrogen) atoms. The van der Waals surface area contributed by atoms with E-state index in [-0.39, 0.29) is 18.1 Å². The van der Waals surface area contributed by atoms with Crippen molar-refractivity contribution in [2.75, 3.05) is 6.61 Å². The summed E-state index contributed by atoms with van der Waals surface area (Å²) in [5.74, 6) is 0.417. The van der Waals surface area contributed by atoms with Crippen molar-refractivity contribution in [2.45, 2.75) is 19.3 Å². The van der Waals surface area contributed by atoms with Crippen LogP contribution in [-0.4, -0.2) is 17.3 Å². The molecule has 104 valence electrons. The van der Waals surface area contributed by atoms with Crippen molar-refractivity contribution in [3.8, 4) is 0 Å². The largest absolute Gasteiger partial charge is 0.493 e. The number of nitro groups is 1. The molecule has 0 unspecified atom stereocenters. The van der Waals surface area contributed by atoms with Crippen molar-refractivity contribution >= 4 is 17.0 Å². The van der Waals surface area contributed by atoms with Gasteiger partial charge in [-0.1, -0.05) is 24.8 Å². The van der Waals surface area contributed by atoms with Crippen LogP contribution in [0.3, 0.4) is 0 Å². The molecule has 0 atom stereocenters. The Bertz CT molecular complexity index is 589. The molecule has 1 aromatic rings. The summed E-state index contributed by atoms with van der Waals surface area (Å²) in [6, 6.07) is 6.26. The highest BCUT2D eigenvalue weighted by Crippen LogP contribution is 2.35. The molecule has 0 N–H and O–H groups in total. The van der Waals surface area contributed by atoms with Gasteiger partial charge in [0.05, 0.1) is 16.1 Å². The van der Waals surface area contributed by atoms with Crippen LogP contribution in [0.25, 0.3) is 5.57 Å². The standard InChI is InChI=1S/C15H15NO4/c1-2-10-20-14-9-5-8-13(17)15(14)11-6-3-4-7-12(11)16(18)19/h2-4,6-7H,1,5,8-10H2. The molecule has 1 aliphatic carbocycles. The first-order valence-electron chi connectivity index (χ1n) is 6.39. The summed E-state index contributed by atoms with van der Waals surface area (Å²) < 4.78 is 5.52. The van der Waals surface area contributed by atoms with Crippen molar-refractivity contribution in [1.29, 1.82) is 0 Å². The van der Waals surface area contributed by atoms with Crippen LogP contribution in [-0.2, 0) is 9.53 Å². The SMILES string of the molecule is C=CCOC1=C(c2ccccc2[N+](=O)[O-])C(=O)CCC1. The van der Waals surface area contributed by atoms with E-state index >= 15 is 0 Å². The molecule has 0 aliphatic heterocycles. The van der Waals surface area contributed by atoms with E-state index in [9.17, 15) is 14.9 Å². The highest BCUT2D eigenvalue weighted by atomic mass is 16.6. The second kappa shape index (κ2) is 6.14. The fraction of sp³-hybridized carbons (Fsp3) is 0.267. The predicted octanol–water partition coefficient (Wildman–Crippen LogP) is 3.26. The number of ether oxygens (including phenoxy) is 1. The zero-order chi connectivity index (χ0) is 14.5. The van der Waals surface area contributed by atoms with Crippen LogP contribution in [0.15, 0.2) is 42.7 Å². The Morgan fingerprint density at radius 2 is 2.10 bits per heavy atom. The third-order valence-electron chi connectivity index (χ3n) is 3.11. The zero-order valence-corrected chi connectivity index (χ0v) is 11.0. The first-order valence-corrected chi connectivity index (χ1v) is 6.39. The number of carbonyl (C=O) groups excluding carboxylic acids is 1. The number of ketones is 1. The van der Waals surface area contributed by atoms with Crippen LogP contribution in [0.2, 0.25) is 0 Å². The molecule has 0 aromatic heterocycles. The van der Waals surface area contributed by atoms with Crippen LogP contribution in [0.1, 0.15) is 24.8 Å². The van der Waals surface area contributed by atoms with Gasteiger partial charge in [0.15, 0.2) is 5.78 Å². The Hall–Kier alpha value is -2.43. The van der Waals surface area contributed by atoms with Crippen molar-refractivity contribution in [2.24, 2.45) is 0 Å². The lowest BCUT2D eigenvalue weighted by Crippen LogP contribution is -2.14. The lowest BCUT2D eigenvalue weighted by atomic mass is 9.90. The Morgan fingerprint density at radius 3 is 2.80 bits per heavy atom. The lowest BCUT2D eigenvalue weighted by molar-refractivity contribution is -0.385. The predicted molar refractivity (Wildman–Crippen MR) is 75.0 cm³/mol. The van der Waals surface area contributed by atoms with E-state index in [0.717, 1.165) is 0 Å². The van der Waals surface area contributed by atoms with Crippen molar-refractivity contribution < 1.29 is 14.5 Å². The minimum atomic E-state index is -0.477. The number of hydrogen-bond acceptors (Lipinski definition) is 4. The molecule has 1 aliphatic rings. The molecule has 0 amide bonds. The molecular weight excluding hydrogens is 258 g/mol. The quantitative estimate of drug-likeness (QED) is 0.469. The second-order valence-corrected chi connectivity index (χ2v) is 4.45. The summed E-state index contributed by atoms with van der Waals surface area (Å²) in [5.41, 5.74) is 0.601. The first kappa shape index (κ1) is 14.0. The molecule has 0 bridgehead atoms. The van der Waals surface area contributed by atoms with Gasteiger partial charge in [-0.15, -0.1) is 0 Å². The minimum absolute atomic E-state index is 0.0718. The maximum absolute atomic E-state index is 12.2. The Labute approximate surface area is 116 Å². The molecule has 0 saturated heterocycles. The zero-order valence-electron chi connectivity index (χ0n) is 11.0. The second-order valence-electron chi connectivity index (χ2n) is 4.45. The fourth-order valence-corrected chi connectivity index (χ4v) is 2.26.